The first kappa shape index (κ1) is 18.8. The SMILES string of the molecule is Cc1ccc(N=C2NC(=O)C(=Cc3ccc(-c4ccc(C(=O)O)cc4)o3)S2)cc1. The van der Waals surface area contributed by atoms with Gasteiger partial charge in [-0.2, -0.15) is 0 Å². The Kier molecular flexibility index (Phi) is 5.05. The molecule has 1 fully saturated rings. The molecule has 1 aliphatic rings. The number of carboxylic acids is 1. The lowest BCUT2D eigenvalue weighted by molar-refractivity contribution is -0.115. The zero-order chi connectivity index (χ0) is 20.4. The zero-order valence-corrected chi connectivity index (χ0v) is 16.2. The number of benzene rings is 2. The number of amidine groups is 1. The zero-order valence-electron chi connectivity index (χ0n) is 15.4. The third kappa shape index (κ3) is 4.30. The van der Waals surface area contributed by atoms with Crippen molar-refractivity contribution in [3.8, 4) is 11.3 Å². The van der Waals surface area contributed by atoms with E-state index in [1.807, 2.05) is 31.2 Å². The Labute approximate surface area is 171 Å². The van der Waals surface area contributed by atoms with Gasteiger partial charge in [0.1, 0.15) is 11.5 Å². The number of hydrogen-bond acceptors (Lipinski definition) is 5. The van der Waals surface area contributed by atoms with Gasteiger partial charge in [0.15, 0.2) is 5.17 Å². The van der Waals surface area contributed by atoms with Gasteiger partial charge in [-0.3, -0.25) is 4.79 Å². The number of carboxylic acid groups (broad SMARTS) is 1. The number of carbonyl (C=O) groups is 2. The first-order chi connectivity index (χ1) is 14.0. The maximum atomic E-state index is 12.2. The number of nitrogens with zero attached hydrogens (tertiary/aromatic N) is 1. The lowest BCUT2D eigenvalue weighted by atomic mass is 10.1. The average Bonchev–Trinajstić information content (AvgIpc) is 3.31. The molecule has 1 aliphatic heterocycles. The van der Waals surface area contributed by atoms with Crippen LogP contribution in [0.2, 0.25) is 0 Å². The molecule has 0 saturated carbocycles. The molecule has 0 spiro atoms. The third-order valence-corrected chi connectivity index (χ3v) is 5.14. The van der Waals surface area contributed by atoms with Gasteiger partial charge in [-0.15, -0.1) is 0 Å². The molecule has 4 rings (SSSR count). The van der Waals surface area contributed by atoms with E-state index in [1.54, 1.807) is 30.3 Å². The summed E-state index contributed by atoms with van der Waals surface area (Å²) in [4.78, 5) is 28.1. The van der Waals surface area contributed by atoms with Crippen molar-refractivity contribution in [3.05, 3.63) is 82.5 Å². The second kappa shape index (κ2) is 7.81. The van der Waals surface area contributed by atoms with E-state index in [1.165, 1.54) is 23.9 Å². The monoisotopic (exact) mass is 404 g/mol. The second-order valence-electron chi connectivity index (χ2n) is 6.40. The number of rotatable bonds is 4. The third-order valence-electron chi connectivity index (χ3n) is 4.23. The lowest BCUT2D eigenvalue weighted by Gasteiger charge is -1.98. The quantitative estimate of drug-likeness (QED) is 0.607. The Morgan fingerprint density at radius 1 is 1.07 bits per heavy atom. The van der Waals surface area contributed by atoms with Gasteiger partial charge < -0.3 is 14.8 Å². The minimum absolute atomic E-state index is 0.210. The van der Waals surface area contributed by atoms with E-state index in [-0.39, 0.29) is 11.5 Å². The van der Waals surface area contributed by atoms with Crippen molar-refractivity contribution in [2.24, 2.45) is 4.99 Å². The molecular weight excluding hydrogens is 388 g/mol. The standard InChI is InChI=1S/C22H16N2O4S/c1-13-2-8-16(9-3-13)23-22-24-20(25)19(29-22)12-17-10-11-18(28-17)14-4-6-15(7-5-14)21(26)27/h2-12H,1H3,(H,26,27)(H,23,24,25). The minimum atomic E-state index is -0.978. The van der Waals surface area contributed by atoms with Crippen molar-refractivity contribution >= 4 is 40.6 Å². The summed E-state index contributed by atoms with van der Waals surface area (Å²) in [6.45, 7) is 2.00. The van der Waals surface area contributed by atoms with Crippen LogP contribution in [0.25, 0.3) is 17.4 Å². The molecule has 2 N–H and O–H groups in total. The number of aliphatic imine (C=N–C) groups is 1. The fraction of sp³-hybridized carbons (Fsp3) is 0.0455. The number of nitrogens with one attached hydrogen (secondary N) is 1. The van der Waals surface area contributed by atoms with Crippen LogP contribution in [0.3, 0.4) is 0 Å². The maximum Gasteiger partial charge on any atom is 0.335 e. The highest BCUT2D eigenvalue weighted by molar-refractivity contribution is 8.18. The number of furan rings is 1. The molecule has 0 atom stereocenters. The Morgan fingerprint density at radius 3 is 2.48 bits per heavy atom. The van der Waals surface area contributed by atoms with Gasteiger partial charge in [-0.25, -0.2) is 9.79 Å². The highest BCUT2D eigenvalue weighted by atomic mass is 32.2. The molecule has 2 aromatic carbocycles. The topological polar surface area (TPSA) is 91.9 Å². The Bertz CT molecular complexity index is 1140. The van der Waals surface area contributed by atoms with E-state index in [9.17, 15) is 9.59 Å². The van der Waals surface area contributed by atoms with Crippen molar-refractivity contribution < 1.29 is 19.1 Å². The molecule has 0 radical (unpaired) electrons. The summed E-state index contributed by atoms with van der Waals surface area (Å²) in [5.41, 5.74) is 2.88. The fourth-order valence-corrected chi connectivity index (χ4v) is 3.53. The molecule has 144 valence electrons. The highest BCUT2D eigenvalue weighted by Gasteiger charge is 2.24. The van der Waals surface area contributed by atoms with Gasteiger partial charge in [-0.05, 0) is 55.1 Å². The van der Waals surface area contributed by atoms with Crippen LogP contribution in [0, 0.1) is 6.92 Å². The molecule has 0 bridgehead atoms. The number of amides is 1. The molecule has 6 nitrogen and oxygen atoms in total. The van der Waals surface area contributed by atoms with Crippen molar-refractivity contribution in [1.82, 2.24) is 5.32 Å². The largest absolute Gasteiger partial charge is 0.478 e. The molecule has 0 aliphatic carbocycles. The Balaban J connectivity index is 1.52. The maximum absolute atomic E-state index is 12.2. The van der Waals surface area contributed by atoms with E-state index in [4.69, 9.17) is 9.52 Å². The van der Waals surface area contributed by atoms with E-state index >= 15 is 0 Å². The smallest absolute Gasteiger partial charge is 0.335 e. The van der Waals surface area contributed by atoms with Crippen molar-refractivity contribution in [2.45, 2.75) is 6.92 Å². The summed E-state index contributed by atoms with van der Waals surface area (Å²) in [6, 6.07) is 17.7. The van der Waals surface area contributed by atoms with Crippen LogP contribution in [-0.4, -0.2) is 22.2 Å². The summed E-state index contributed by atoms with van der Waals surface area (Å²) in [5.74, 6) is -0.0966. The molecular formula is C22H16N2O4S. The molecule has 0 unspecified atom stereocenters. The highest BCUT2D eigenvalue weighted by Crippen LogP contribution is 2.30. The molecule has 29 heavy (non-hydrogen) atoms. The molecule has 1 aromatic heterocycles. The number of aromatic carboxylic acids is 1. The van der Waals surface area contributed by atoms with Gasteiger partial charge in [-0.1, -0.05) is 29.8 Å². The normalized spacial score (nSPS) is 16.4. The summed E-state index contributed by atoms with van der Waals surface area (Å²) in [6.07, 6.45) is 1.66. The first-order valence-electron chi connectivity index (χ1n) is 8.78. The number of thioether (sulfide) groups is 1. The van der Waals surface area contributed by atoms with Gasteiger partial charge in [0.05, 0.1) is 16.2 Å². The predicted octanol–water partition coefficient (Wildman–Crippen LogP) is 4.84. The van der Waals surface area contributed by atoms with Crippen molar-refractivity contribution in [2.75, 3.05) is 0 Å². The summed E-state index contributed by atoms with van der Waals surface area (Å²) in [7, 11) is 0. The molecule has 2 heterocycles. The van der Waals surface area contributed by atoms with Crippen molar-refractivity contribution in [1.29, 1.82) is 0 Å². The molecule has 7 heteroatoms. The Hall–Kier alpha value is -3.58. The van der Waals surface area contributed by atoms with Crippen LogP contribution in [0.1, 0.15) is 21.7 Å². The molecule has 3 aromatic rings. The van der Waals surface area contributed by atoms with Gasteiger partial charge in [0, 0.05) is 11.6 Å². The van der Waals surface area contributed by atoms with Crippen LogP contribution >= 0.6 is 11.8 Å². The molecule has 1 saturated heterocycles. The number of carbonyl (C=O) groups excluding carboxylic acids is 1. The predicted molar refractivity (Wildman–Crippen MR) is 113 cm³/mol. The van der Waals surface area contributed by atoms with Crippen LogP contribution in [-0.2, 0) is 4.79 Å². The summed E-state index contributed by atoms with van der Waals surface area (Å²) < 4.78 is 5.79. The number of aryl methyl sites for hydroxylation is 1. The van der Waals surface area contributed by atoms with E-state index in [2.05, 4.69) is 10.3 Å². The fourth-order valence-electron chi connectivity index (χ4n) is 2.71. The molecule has 1 amide bonds. The summed E-state index contributed by atoms with van der Waals surface area (Å²) in [5, 5.41) is 12.2. The Morgan fingerprint density at radius 2 is 1.79 bits per heavy atom. The van der Waals surface area contributed by atoms with E-state index in [0.29, 0.717) is 21.6 Å². The minimum Gasteiger partial charge on any atom is -0.478 e. The average molecular weight is 404 g/mol. The lowest BCUT2D eigenvalue weighted by Crippen LogP contribution is -2.19. The second-order valence-corrected chi connectivity index (χ2v) is 7.43. The van der Waals surface area contributed by atoms with Gasteiger partial charge >= 0.3 is 5.97 Å². The van der Waals surface area contributed by atoms with Crippen LogP contribution in [0.15, 0.2) is 75.0 Å². The first-order valence-corrected chi connectivity index (χ1v) is 9.59. The van der Waals surface area contributed by atoms with Crippen LogP contribution < -0.4 is 5.32 Å². The van der Waals surface area contributed by atoms with Gasteiger partial charge in [0.2, 0.25) is 0 Å². The van der Waals surface area contributed by atoms with E-state index < -0.39 is 5.97 Å². The van der Waals surface area contributed by atoms with Crippen molar-refractivity contribution in [3.63, 3.8) is 0 Å². The number of hydrogen-bond donors (Lipinski definition) is 2. The summed E-state index contributed by atoms with van der Waals surface area (Å²) >= 11 is 1.25. The van der Waals surface area contributed by atoms with Gasteiger partial charge in [0.25, 0.3) is 5.91 Å². The van der Waals surface area contributed by atoms with Crippen LogP contribution in [0.5, 0.6) is 0 Å². The van der Waals surface area contributed by atoms with Crippen LogP contribution in [0.4, 0.5) is 5.69 Å². The van der Waals surface area contributed by atoms with E-state index in [0.717, 1.165) is 16.8 Å².